The van der Waals surface area contributed by atoms with Gasteiger partial charge < -0.3 is 19.7 Å². The van der Waals surface area contributed by atoms with Crippen molar-refractivity contribution in [1.82, 2.24) is 10.2 Å². The number of rotatable bonds is 5. The molecule has 1 aliphatic rings. The van der Waals surface area contributed by atoms with Crippen LogP contribution in [0.25, 0.3) is 0 Å². The first-order chi connectivity index (χ1) is 9.68. The van der Waals surface area contributed by atoms with Gasteiger partial charge in [-0.25, -0.2) is 4.39 Å². The van der Waals surface area contributed by atoms with E-state index in [-0.39, 0.29) is 18.3 Å². The van der Waals surface area contributed by atoms with E-state index in [0.717, 1.165) is 6.54 Å². The Hall–Kier alpha value is -1.66. The Morgan fingerprint density at radius 1 is 1.55 bits per heavy atom. The molecule has 0 aliphatic carbocycles. The molecule has 1 saturated heterocycles. The Bertz CT molecular complexity index is 450. The molecule has 1 N–H and O–H groups in total. The van der Waals surface area contributed by atoms with Crippen molar-refractivity contribution in [3.05, 3.63) is 30.1 Å². The Morgan fingerprint density at radius 3 is 3.05 bits per heavy atom. The van der Waals surface area contributed by atoms with Gasteiger partial charge in [-0.1, -0.05) is 12.1 Å². The van der Waals surface area contributed by atoms with E-state index in [1.54, 1.807) is 30.1 Å². The van der Waals surface area contributed by atoms with Crippen LogP contribution in [0, 0.1) is 5.82 Å². The van der Waals surface area contributed by atoms with Crippen LogP contribution in [0.1, 0.15) is 0 Å². The molecule has 6 heteroatoms. The average Bonchev–Trinajstić information content (AvgIpc) is 2.49. The van der Waals surface area contributed by atoms with Crippen molar-refractivity contribution in [2.45, 2.75) is 6.10 Å². The van der Waals surface area contributed by atoms with Gasteiger partial charge in [-0.3, -0.25) is 4.79 Å². The molecular formula is C14H19FN2O3. The summed E-state index contributed by atoms with van der Waals surface area (Å²) in [5, 5.41) is 3.11. The van der Waals surface area contributed by atoms with Gasteiger partial charge in [0.25, 0.3) is 5.91 Å². The molecule has 1 fully saturated rings. The summed E-state index contributed by atoms with van der Waals surface area (Å²) in [4.78, 5) is 13.6. The maximum atomic E-state index is 13.3. The zero-order valence-electron chi connectivity index (χ0n) is 11.5. The number of nitrogens with one attached hydrogen (secondary N) is 1. The average molecular weight is 282 g/mol. The molecule has 1 heterocycles. The Balaban J connectivity index is 1.75. The van der Waals surface area contributed by atoms with E-state index in [0.29, 0.717) is 19.7 Å². The van der Waals surface area contributed by atoms with Crippen molar-refractivity contribution in [3.8, 4) is 5.75 Å². The first-order valence-electron chi connectivity index (χ1n) is 6.63. The van der Waals surface area contributed by atoms with Gasteiger partial charge in [-0.15, -0.1) is 0 Å². The lowest BCUT2D eigenvalue weighted by Crippen LogP contribution is -2.49. The maximum absolute atomic E-state index is 13.3. The van der Waals surface area contributed by atoms with Gasteiger partial charge in [0.1, 0.15) is 12.7 Å². The summed E-state index contributed by atoms with van der Waals surface area (Å²) in [6.07, 6.45) is -0.442. The fourth-order valence-corrected chi connectivity index (χ4v) is 1.93. The van der Waals surface area contributed by atoms with Crippen molar-refractivity contribution in [3.63, 3.8) is 0 Å². The van der Waals surface area contributed by atoms with E-state index in [4.69, 9.17) is 9.47 Å². The molecule has 0 aromatic heterocycles. The summed E-state index contributed by atoms with van der Waals surface area (Å²) in [7, 11) is 1.69. The predicted molar refractivity (Wildman–Crippen MR) is 72.1 cm³/mol. The van der Waals surface area contributed by atoms with E-state index < -0.39 is 11.9 Å². The largest absolute Gasteiger partial charge is 0.489 e. The number of benzene rings is 1. The number of halogens is 1. The number of carbonyl (C=O) groups is 1. The minimum Gasteiger partial charge on any atom is -0.489 e. The monoisotopic (exact) mass is 282 g/mol. The second kappa shape index (κ2) is 7.21. The van der Waals surface area contributed by atoms with E-state index in [9.17, 15) is 9.18 Å². The van der Waals surface area contributed by atoms with Crippen molar-refractivity contribution >= 4 is 5.91 Å². The molecule has 0 saturated carbocycles. The molecule has 5 nitrogen and oxygen atoms in total. The van der Waals surface area contributed by atoms with Crippen LogP contribution >= 0.6 is 0 Å². The van der Waals surface area contributed by atoms with E-state index in [1.807, 2.05) is 0 Å². The van der Waals surface area contributed by atoms with Crippen LogP contribution in [-0.4, -0.2) is 56.8 Å². The molecule has 0 unspecified atom stereocenters. The van der Waals surface area contributed by atoms with Gasteiger partial charge >= 0.3 is 0 Å². The lowest BCUT2D eigenvalue weighted by Gasteiger charge is -2.27. The molecule has 0 bridgehead atoms. The van der Waals surface area contributed by atoms with Crippen molar-refractivity contribution in [2.24, 2.45) is 0 Å². The Kier molecular flexibility index (Phi) is 5.31. The SMILES string of the molecule is CN(CCOc1ccccc1F)C(=O)[C@H]1CNCCO1. The lowest BCUT2D eigenvalue weighted by atomic mass is 10.2. The van der Waals surface area contributed by atoms with E-state index in [2.05, 4.69) is 5.32 Å². The van der Waals surface area contributed by atoms with Gasteiger partial charge in [0, 0.05) is 20.1 Å². The molecule has 1 aromatic rings. The normalized spacial score (nSPS) is 18.6. The fourth-order valence-electron chi connectivity index (χ4n) is 1.93. The van der Waals surface area contributed by atoms with Gasteiger partial charge in [0.15, 0.2) is 11.6 Å². The lowest BCUT2D eigenvalue weighted by molar-refractivity contribution is -0.144. The van der Waals surface area contributed by atoms with Gasteiger partial charge in [0.05, 0.1) is 13.2 Å². The molecule has 1 amide bonds. The van der Waals surface area contributed by atoms with Crippen LogP contribution in [0.3, 0.4) is 0 Å². The first-order valence-corrected chi connectivity index (χ1v) is 6.63. The summed E-state index contributed by atoms with van der Waals surface area (Å²) in [5.41, 5.74) is 0. The molecule has 1 atom stereocenters. The van der Waals surface area contributed by atoms with Crippen LogP contribution in [0.5, 0.6) is 5.75 Å². The highest BCUT2D eigenvalue weighted by atomic mass is 19.1. The number of likely N-dealkylation sites (N-methyl/N-ethyl adjacent to an activating group) is 1. The minimum atomic E-state index is -0.442. The van der Waals surface area contributed by atoms with Gasteiger partial charge in [0.2, 0.25) is 0 Å². The van der Waals surface area contributed by atoms with Crippen molar-refractivity contribution in [1.29, 1.82) is 0 Å². The number of amides is 1. The maximum Gasteiger partial charge on any atom is 0.252 e. The van der Waals surface area contributed by atoms with Crippen LogP contribution < -0.4 is 10.1 Å². The molecule has 0 spiro atoms. The van der Waals surface area contributed by atoms with Crippen LogP contribution in [0.2, 0.25) is 0 Å². The van der Waals surface area contributed by atoms with Crippen LogP contribution in [0.15, 0.2) is 24.3 Å². The van der Waals surface area contributed by atoms with E-state index in [1.165, 1.54) is 6.07 Å². The number of ether oxygens (including phenoxy) is 2. The van der Waals surface area contributed by atoms with Gasteiger partial charge in [-0.2, -0.15) is 0 Å². The topological polar surface area (TPSA) is 50.8 Å². The fraction of sp³-hybridized carbons (Fsp3) is 0.500. The highest BCUT2D eigenvalue weighted by Gasteiger charge is 2.24. The van der Waals surface area contributed by atoms with E-state index >= 15 is 0 Å². The third-order valence-electron chi connectivity index (χ3n) is 3.10. The third-order valence-corrected chi connectivity index (χ3v) is 3.10. The second-order valence-corrected chi connectivity index (χ2v) is 4.60. The molecule has 0 radical (unpaired) electrons. The zero-order chi connectivity index (χ0) is 14.4. The highest BCUT2D eigenvalue weighted by Crippen LogP contribution is 2.15. The molecule has 1 aliphatic heterocycles. The molecule has 20 heavy (non-hydrogen) atoms. The summed E-state index contributed by atoms with van der Waals surface area (Å²) in [5.74, 6) is -0.292. The number of nitrogens with zero attached hydrogens (tertiary/aromatic N) is 1. The summed E-state index contributed by atoms with van der Waals surface area (Å²) < 4.78 is 24.0. The molecule has 110 valence electrons. The molecular weight excluding hydrogens is 263 g/mol. The van der Waals surface area contributed by atoms with Crippen LogP contribution in [0.4, 0.5) is 4.39 Å². The van der Waals surface area contributed by atoms with Crippen molar-refractivity contribution in [2.75, 3.05) is 39.9 Å². The number of para-hydroxylation sites is 1. The first kappa shape index (κ1) is 14.7. The number of morpholine rings is 1. The molecule has 2 rings (SSSR count). The van der Waals surface area contributed by atoms with Gasteiger partial charge in [-0.05, 0) is 12.1 Å². The van der Waals surface area contributed by atoms with Crippen LogP contribution in [-0.2, 0) is 9.53 Å². The van der Waals surface area contributed by atoms with Crippen molar-refractivity contribution < 1.29 is 18.7 Å². The number of carbonyl (C=O) groups excluding carboxylic acids is 1. The zero-order valence-corrected chi connectivity index (χ0v) is 11.5. The summed E-state index contributed by atoms with van der Waals surface area (Å²) >= 11 is 0. The highest BCUT2D eigenvalue weighted by molar-refractivity contribution is 5.81. The molecule has 1 aromatic carbocycles. The minimum absolute atomic E-state index is 0.0886. The summed E-state index contributed by atoms with van der Waals surface area (Å²) in [6, 6.07) is 6.21. The second-order valence-electron chi connectivity index (χ2n) is 4.60. The summed E-state index contributed by atoms with van der Waals surface area (Å²) in [6.45, 7) is 2.45. The smallest absolute Gasteiger partial charge is 0.252 e. The number of hydrogen-bond acceptors (Lipinski definition) is 4. The third kappa shape index (κ3) is 3.91. The quantitative estimate of drug-likeness (QED) is 0.861. The number of hydrogen-bond donors (Lipinski definition) is 1. The Morgan fingerprint density at radius 2 is 2.35 bits per heavy atom. The Labute approximate surface area is 117 Å². The predicted octanol–water partition coefficient (Wildman–Crippen LogP) is 0.651. The standard InChI is InChI=1S/C14H19FN2O3/c1-17(14(18)13-10-16-6-8-19-13)7-9-20-12-5-3-2-4-11(12)15/h2-5,13,16H,6-10H2,1H3/t13-/m1/s1.